The van der Waals surface area contributed by atoms with Gasteiger partial charge >= 0.3 is 0 Å². The Bertz CT molecular complexity index is 1020. The second kappa shape index (κ2) is 8.54. The van der Waals surface area contributed by atoms with Gasteiger partial charge in [0.05, 0.1) is 11.7 Å². The first-order chi connectivity index (χ1) is 14.4. The summed E-state index contributed by atoms with van der Waals surface area (Å²) in [5, 5.41) is 2.11. The molecule has 5 heteroatoms. The SMILES string of the molecule is CC1(C)CN(CCc2cccs2)C(c2ccc(N)cc2)/C(=C\c2ccccn2)C1=O. The number of piperidine rings is 1. The van der Waals surface area contributed by atoms with Crippen molar-refractivity contribution >= 4 is 28.9 Å². The summed E-state index contributed by atoms with van der Waals surface area (Å²) >= 11 is 1.78. The fourth-order valence-corrected chi connectivity index (χ4v) is 4.83. The van der Waals surface area contributed by atoms with Crippen molar-refractivity contribution in [2.75, 3.05) is 18.8 Å². The summed E-state index contributed by atoms with van der Waals surface area (Å²) < 4.78 is 0. The number of nitrogens with zero attached hydrogens (tertiary/aromatic N) is 2. The minimum atomic E-state index is -0.458. The number of nitrogen functional groups attached to an aromatic ring is 1. The van der Waals surface area contributed by atoms with E-state index in [0.717, 1.165) is 35.5 Å². The molecule has 1 saturated heterocycles. The van der Waals surface area contributed by atoms with E-state index >= 15 is 0 Å². The summed E-state index contributed by atoms with van der Waals surface area (Å²) in [6.45, 7) is 5.68. The summed E-state index contributed by atoms with van der Waals surface area (Å²) in [6.07, 6.45) is 4.68. The van der Waals surface area contributed by atoms with E-state index in [1.165, 1.54) is 4.88 Å². The number of benzene rings is 1. The molecule has 1 unspecified atom stereocenters. The molecule has 30 heavy (non-hydrogen) atoms. The van der Waals surface area contributed by atoms with Crippen LogP contribution in [0.3, 0.4) is 0 Å². The maximum Gasteiger partial charge on any atom is 0.167 e. The molecule has 2 N–H and O–H groups in total. The van der Waals surface area contributed by atoms with Gasteiger partial charge in [0.15, 0.2) is 5.78 Å². The number of hydrogen-bond acceptors (Lipinski definition) is 5. The first-order valence-corrected chi connectivity index (χ1v) is 11.1. The van der Waals surface area contributed by atoms with Crippen molar-refractivity contribution in [3.8, 4) is 0 Å². The Morgan fingerprint density at radius 1 is 1.17 bits per heavy atom. The van der Waals surface area contributed by atoms with E-state index in [2.05, 4.69) is 27.4 Å². The molecule has 0 amide bonds. The molecule has 0 saturated carbocycles. The molecule has 4 rings (SSSR count). The number of hydrogen-bond donors (Lipinski definition) is 1. The number of carbonyl (C=O) groups is 1. The zero-order valence-corrected chi connectivity index (χ0v) is 18.2. The number of thiophene rings is 1. The maximum atomic E-state index is 13.5. The molecule has 3 heterocycles. The Morgan fingerprint density at radius 2 is 1.97 bits per heavy atom. The molecule has 1 aromatic carbocycles. The molecule has 1 aliphatic heterocycles. The van der Waals surface area contributed by atoms with Crippen molar-refractivity contribution in [3.63, 3.8) is 0 Å². The van der Waals surface area contributed by atoms with Gasteiger partial charge in [-0.25, -0.2) is 0 Å². The zero-order chi connectivity index (χ0) is 21.1. The number of likely N-dealkylation sites (tertiary alicyclic amines) is 1. The van der Waals surface area contributed by atoms with Crippen LogP contribution < -0.4 is 5.73 Å². The second-order valence-electron chi connectivity index (χ2n) is 8.44. The van der Waals surface area contributed by atoms with E-state index in [0.29, 0.717) is 6.54 Å². The lowest BCUT2D eigenvalue weighted by atomic mass is 9.74. The fraction of sp³-hybridized carbons (Fsp3) is 0.280. The van der Waals surface area contributed by atoms with Gasteiger partial charge < -0.3 is 5.73 Å². The van der Waals surface area contributed by atoms with Crippen LogP contribution in [0.15, 0.2) is 71.7 Å². The first kappa shape index (κ1) is 20.5. The molecule has 1 fully saturated rings. The summed E-state index contributed by atoms with van der Waals surface area (Å²) in [6, 6.07) is 17.8. The van der Waals surface area contributed by atoms with Gasteiger partial charge in [-0.2, -0.15) is 0 Å². The van der Waals surface area contributed by atoms with Gasteiger partial charge in [0.1, 0.15) is 0 Å². The van der Waals surface area contributed by atoms with Crippen LogP contribution in [0.4, 0.5) is 5.69 Å². The van der Waals surface area contributed by atoms with Crippen molar-refractivity contribution in [2.45, 2.75) is 26.3 Å². The van der Waals surface area contributed by atoms with Crippen molar-refractivity contribution in [2.24, 2.45) is 5.41 Å². The Hall–Kier alpha value is -2.76. The summed E-state index contributed by atoms with van der Waals surface area (Å²) in [7, 11) is 0. The van der Waals surface area contributed by atoms with Gasteiger partial charge in [0, 0.05) is 40.8 Å². The van der Waals surface area contributed by atoms with Gasteiger partial charge in [-0.05, 0) is 53.8 Å². The minimum Gasteiger partial charge on any atom is -0.399 e. The predicted molar refractivity (Wildman–Crippen MR) is 124 cm³/mol. The highest BCUT2D eigenvalue weighted by Crippen LogP contribution is 2.41. The molecular formula is C25H27N3OS. The second-order valence-corrected chi connectivity index (χ2v) is 9.47. The molecule has 0 aliphatic carbocycles. The molecule has 1 aliphatic rings. The number of pyridine rings is 1. The van der Waals surface area contributed by atoms with E-state index < -0.39 is 5.41 Å². The lowest BCUT2D eigenvalue weighted by molar-refractivity contribution is -0.128. The van der Waals surface area contributed by atoms with E-state index in [1.807, 2.05) is 62.4 Å². The van der Waals surface area contributed by atoms with Gasteiger partial charge in [-0.1, -0.05) is 38.1 Å². The minimum absolute atomic E-state index is 0.118. The van der Waals surface area contributed by atoms with E-state index in [4.69, 9.17) is 5.73 Å². The highest BCUT2D eigenvalue weighted by atomic mass is 32.1. The summed E-state index contributed by atoms with van der Waals surface area (Å²) in [5.41, 5.74) is 8.88. The van der Waals surface area contributed by atoms with Crippen LogP contribution in [-0.2, 0) is 11.2 Å². The quantitative estimate of drug-likeness (QED) is 0.469. The summed E-state index contributed by atoms with van der Waals surface area (Å²) in [4.78, 5) is 21.8. The smallest absolute Gasteiger partial charge is 0.167 e. The fourth-order valence-electron chi connectivity index (χ4n) is 4.13. The Morgan fingerprint density at radius 3 is 2.63 bits per heavy atom. The largest absolute Gasteiger partial charge is 0.399 e. The highest BCUT2D eigenvalue weighted by Gasteiger charge is 2.43. The van der Waals surface area contributed by atoms with E-state index in [9.17, 15) is 4.79 Å². The zero-order valence-electron chi connectivity index (χ0n) is 17.4. The van der Waals surface area contributed by atoms with Gasteiger partial charge in [0.2, 0.25) is 0 Å². The van der Waals surface area contributed by atoms with Crippen LogP contribution >= 0.6 is 11.3 Å². The monoisotopic (exact) mass is 417 g/mol. The molecular weight excluding hydrogens is 390 g/mol. The average Bonchev–Trinajstić information content (AvgIpc) is 3.25. The Balaban J connectivity index is 1.77. The number of rotatable bonds is 5. The van der Waals surface area contributed by atoms with Crippen molar-refractivity contribution in [1.82, 2.24) is 9.88 Å². The highest BCUT2D eigenvalue weighted by molar-refractivity contribution is 7.09. The van der Waals surface area contributed by atoms with Crippen LogP contribution in [-0.4, -0.2) is 28.8 Å². The maximum absolute atomic E-state index is 13.5. The van der Waals surface area contributed by atoms with Crippen molar-refractivity contribution in [1.29, 1.82) is 0 Å². The Kier molecular flexibility index (Phi) is 5.84. The summed E-state index contributed by atoms with van der Waals surface area (Å²) in [5.74, 6) is 0.183. The lowest BCUT2D eigenvalue weighted by Gasteiger charge is -2.44. The molecule has 3 aromatic rings. The molecule has 0 spiro atoms. The third-order valence-corrected chi connectivity index (χ3v) is 6.54. The Labute approximate surface area is 182 Å². The number of Topliss-reactive ketones (excluding diaryl/α,β-unsaturated/α-hetero) is 1. The van der Waals surface area contributed by atoms with E-state index in [-0.39, 0.29) is 11.8 Å². The van der Waals surface area contributed by atoms with Gasteiger partial charge in [0.25, 0.3) is 0 Å². The van der Waals surface area contributed by atoms with Crippen molar-refractivity contribution in [3.05, 3.63) is 87.9 Å². The van der Waals surface area contributed by atoms with Crippen LogP contribution in [0.1, 0.15) is 36.0 Å². The predicted octanol–water partition coefficient (Wildman–Crippen LogP) is 5.00. The van der Waals surface area contributed by atoms with Crippen LogP contribution in [0.5, 0.6) is 0 Å². The lowest BCUT2D eigenvalue weighted by Crippen LogP contribution is -2.49. The molecule has 154 valence electrons. The molecule has 0 radical (unpaired) electrons. The molecule has 2 aromatic heterocycles. The topological polar surface area (TPSA) is 59.2 Å². The average molecular weight is 418 g/mol. The number of aromatic nitrogens is 1. The van der Waals surface area contributed by atoms with Crippen LogP contribution in [0.25, 0.3) is 6.08 Å². The van der Waals surface area contributed by atoms with Gasteiger partial charge in [-0.3, -0.25) is 14.7 Å². The standard InChI is InChI=1S/C25H27N3OS/c1-25(2)17-28(14-12-21-7-5-15-30-21)23(18-8-10-19(26)11-9-18)22(24(25)29)16-20-6-3-4-13-27-20/h3-11,13,15-16,23H,12,14,17,26H2,1-2H3/b22-16+. The van der Waals surface area contributed by atoms with Crippen molar-refractivity contribution < 1.29 is 4.79 Å². The van der Waals surface area contributed by atoms with Gasteiger partial charge in [-0.15, -0.1) is 11.3 Å². The number of nitrogens with two attached hydrogens (primary N) is 1. The number of carbonyl (C=O) groups excluding carboxylic acids is 1. The third kappa shape index (κ3) is 4.37. The molecule has 1 atom stereocenters. The first-order valence-electron chi connectivity index (χ1n) is 10.2. The number of ketones is 1. The molecule has 4 nitrogen and oxygen atoms in total. The normalized spacial score (nSPS) is 20.5. The van der Waals surface area contributed by atoms with Crippen LogP contribution in [0.2, 0.25) is 0 Å². The molecule has 0 bridgehead atoms. The van der Waals surface area contributed by atoms with E-state index in [1.54, 1.807) is 17.5 Å². The van der Waals surface area contributed by atoms with Crippen LogP contribution in [0, 0.1) is 5.41 Å². The number of anilines is 1. The third-order valence-electron chi connectivity index (χ3n) is 5.60.